The Morgan fingerprint density at radius 1 is 1.43 bits per heavy atom. The molecule has 1 aliphatic rings. The summed E-state index contributed by atoms with van der Waals surface area (Å²) in [6.45, 7) is 0.0478. The van der Waals surface area contributed by atoms with Gasteiger partial charge in [0.2, 0.25) is 5.88 Å². The summed E-state index contributed by atoms with van der Waals surface area (Å²) in [6, 6.07) is 1.05. The topological polar surface area (TPSA) is 68.7 Å². The number of aliphatic carboxylic acids is 1. The molecule has 5 nitrogen and oxygen atoms in total. The van der Waals surface area contributed by atoms with Crippen LogP contribution < -0.4 is 4.74 Å². The summed E-state index contributed by atoms with van der Waals surface area (Å²) < 4.78 is 49.4. The van der Waals surface area contributed by atoms with Crippen LogP contribution in [0.4, 0.5) is 13.2 Å². The van der Waals surface area contributed by atoms with Gasteiger partial charge in [0.1, 0.15) is 5.56 Å². The molecule has 0 aromatic carbocycles. The molecule has 1 aromatic rings. The van der Waals surface area contributed by atoms with Crippen LogP contribution in [0.2, 0.25) is 0 Å². The smallest absolute Gasteiger partial charge is 0.421 e. The van der Waals surface area contributed by atoms with Gasteiger partial charge in [0.05, 0.1) is 26.2 Å². The molecule has 1 aromatic heterocycles. The summed E-state index contributed by atoms with van der Waals surface area (Å²) in [5.41, 5.74) is -0.468. The monoisotopic (exact) mass is 333 g/mol. The van der Waals surface area contributed by atoms with E-state index >= 15 is 0 Å². The highest BCUT2D eigenvalue weighted by Crippen LogP contribution is 2.41. The van der Waals surface area contributed by atoms with Crippen LogP contribution in [0.3, 0.4) is 0 Å². The Balaban J connectivity index is 2.18. The van der Waals surface area contributed by atoms with E-state index in [0.717, 1.165) is 19.6 Å². The summed E-state index contributed by atoms with van der Waals surface area (Å²) >= 11 is 0. The van der Waals surface area contributed by atoms with Crippen LogP contribution >= 0.6 is 0 Å². The van der Waals surface area contributed by atoms with Crippen molar-refractivity contribution in [3.05, 3.63) is 23.4 Å². The van der Waals surface area contributed by atoms with E-state index < -0.39 is 23.6 Å². The van der Waals surface area contributed by atoms with Crippen molar-refractivity contribution >= 4 is 5.97 Å². The van der Waals surface area contributed by atoms with Crippen LogP contribution in [0.15, 0.2) is 12.3 Å². The Bertz CT molecular complexity index is 562. The molecule has 0 aliphatic heterocycles. The lowest BCUT2D eigenvalue weighted by atomic mass is 9.96. The number of ether oxygens (including phenoxy) is 2. The first-order valence-electron chi connectivity index (χ1n) is 7.27. The summed E-state index contributed by atoms with van der Waals surface area (Å²) in [5.74, 6) is -1.64. The number of hydrogen-bond donors (Lipinski definition) is 1. The van der Waals surface area contributed by atoms with E-state index in [1.807, 2.05) is 0 Å². The molecule has 0 bridgehead atoms. The second kappa shape index (κ2) is 7.16. The Labute approximate surface area is 131 Å². The van der Waals surface area contributed by atoms with Gasteiger partial charge in [-0.2, -0.15) is 13.2 Å². The van der Waals surface area contributed by atoms with Crippen LogP contribution in [0.5, 0.6) is 5.88 Å². The number of halogens is 3. The fraction of sp³-hybridized carbons (Fsp3) is 0.600. The van der Waals surface area contributed by atoms with Crippen molar-refractivity contribution in [3.63, 3.8) is 0 Å². The quantitative estimate of drug-likeness (QED) is 0.865. The normalized spacial score (nSPS) is 21.4. The zero-order valence-corrected chi connectivity index (χ0v) is 12.6. The number of carbonyl (C=O) groups is 1. The third-order valence-corrected chi connectivity index (χ3v) is 3.90. The van der Waals surface area contributed by atoms with Gasteiger partial charge in [-0.3, -0.25) is 4.79 Å². The van der Waals surface area contributed by atoms with Crippen molar-refractivity contribution in [1.29, 1.82) is 0 Å². The second-order valence-electron chi connectivity index (χ2n) is 5.41. The zero-order valence-electron chi connectivity index (χ0n) is 12.6. The lowest BCUT2D eigenvalue weighted by Crippen LogP contribution is -2.19. The number of nitrogens with zero attached hydrogens (tertiary/aromatic N) is 1. The van der Waals surface area contributed by atoms with Gasteiger partial charge in [-0.05, 0) is 24.5 Å². The third-order valence-electron chi connectivity index (χ3n) is 3.90. The first-order chi connectivity index (χ1) is 10.8. The maximum atomic E-state index is 13.1. The van der Waals surface area contributed by atoms with Gasteiger partial charge in [0.25, 0.3) is 0 Å². The molecule has 2 atom stereocenters. The van der Waals surface area contributed by atoms with E-state index in [-0.39, 0.29) is 25.0 Å². The van der Waals surface area contributed by atoms with Crippen molar-refractivity contribution in [2.24, 2.45) is 0 Å². The summed E-state index contributed by atoms with van der Waals surface area (Å²) in [4.78, 5) is 14.3. The van der Waals surface area contributed by atoms with Gasteiger partial charge >= 0.3 is 12.1 Å². The molecule has 1 unspecified atom stereocenters. The van der Waals surface area contributed by atoms with Crippen LogP contribution in [-0.2, 0) is 15.7 Å². The van der Waals surface area contributed by atoms with Gasteiger partial charge in [-0.15, -0.1) is 0 Å². The van der Waals surface area contributed by atoms with Crippen LogP contribution in [0.25, 0.3) is 0 Å². The molecule has 8 heteroatoms. The van der Waals surface area contributed by atoms with Crippen molar-refractivity contribution in [3.8, 4) is 5.88 Å². The Morgan fingerprint density at radius 3 is 2.78 bits per heavy atom. The fourth-order valence-electron chi connectivity index (χ4n) is 2.84. The van der Waals surface area contributed by atoms with Gasteiger partial charge in [-0.25, -0.2) is 4.98 Å². The molecular formula is C15H18F3NO4. The molecule has 1 fully saturated rings. The van der Waals surface area contributed by atoms with Gasteiger partial charge < -0.3 is 14.6 Å². The molecule has 0 spiro atoms. The summed E-state index contributed by atoms with van der Waals surface area (Å²) in [6.07, 6.45) is -1.40. The second-order valence-corrected chi connectivity index (χ2v) is 5.41. The van der Waals surface area contributed by atoms with E-state index in [4.69, 9.17) is 9.84 Å². The average Bonchev–Trinajstić information content (AvgIpc) is 2.93. The van der Waals surface area contributed by atoms with E-state index in [1.54, 1.807) is 0 Å². The lowest BCUT2D eigenvalue weighted by molar-refractivity contribution is -0.140. The largest absolute Gasteiger partial charge is 0.481 e. The molecule has 23 heavy (non-hydrogen) atoms. The molecule has 1 saturated carbocycles. The molecule has 0 amide bonds. The number of carboxylic acid groups (broad SMARTS) is 1. The first-order valence-corrected chi connectivity index (χ1v) is 7.27. The predicted molar refractivity (Wildman–Crippen MR) is 74.4 cm³/mol. The highest BCUT2D eigenvalue weighted by Gasteiger charge is 2.37. The van der Waals surface area contributed by atoms with Gasteiger partial charge in [0.15, 0.2) is 0 Å². The van der Waals surface area contributed by atoms with Crippen LogP contribution in [0.1, 0.15) is 42.7 Å². The van der Waals surface area contributed by atoms with Crippen LogP contribution in [-0.4, -0.2) is 35.9 Å². The Kier molecular flexibility index (Phi) is 5.46. The first kappa shape index (κ1) is 17.5. The van der Waals surface area contributed by atoms with Crippen molar-refractivity contribution in [2.75, 3.05) is 13.7 Å². The van der Waals surface area contributed by atoms with Gasteiger partial charge in [-0.1, -0.05) is 6.42 Å². The van der Waals surface area contributed by atoms with Gasteiger partial charge in [0, 0.05) is 12.1 Å². The lowest BCUT2D eigenvalue weighted by Gasteiger charge is -2.21. The number of aromatic nitrogens is 1. The minimum atomic E-state index is -4.55. The summed E-state index contributed by atoms with van der Waals surface area (Å²) in [7, 11) is 1.14. The van der Waals surface area contributed by atoms with Crippen LogP contribution in [0, 0.1) is 0 Å². The highest BCUT2D eigenvalue weighted by atomic mass is 19.4. The highest BCUT2D eigenvalue weighted by molar-refractivity contribution is 5.66. The minimum absolute atomic E-state index is 0.0478. The number of hydrogen-bond acceptors (Lipinski definition) is 4. The van der Waals surface area contributed by atoms with E-state index in [1.165, 1.54) is 6.20 Å². The van der Waals surface area contributed by atoms with E-state index in [9.17, 15) is 18.0 Å². The maximum absolute atomic E-state index is 13.1. The standard InChI is InChI=1S/C15H18F3NO4/c1-22-14-11(15(16,17)18)7-9(8-19-14)10-3-2-4-12(10)23-6-5-13(20)21/h7-8,10,12H,2-6H2,1H3,(H,20,21)/t10?,12-/m1/s1. The molecule has 0 saturated heterocycles. The fourth-order valence-corrected chi connectivity index (χ4v) is 2.84. The number of pyridine rings is 1. The molecule has 0 radical (unpaired) electrons. The predicted octanol–water partition coefficient (Wildman–Crippen LogP) is 3.24. The van der Waals surface area contributed by atoms with Crippen molar-refractivity contribution in [2.45, 2.75) is 43.9 Å². The Hall–Kier alpha value is -1.83. The molecule has 2 rings (SSSR count). The SMILES string of the molecule is COc1ncc(C2CCC[C@H]2OCCC(=O)O)cc1C(F)(F)F. The molecule has 1 aliphatic carbocycles. The van der Waals surface area contributed by atoms with Crippen molar-refractivity contribution < 1.29 is 32.5 Å². The molecular weight excluding hydrogens is 315 g/mol. The number of alkyl halides is 3. The maximum Gasteiger partial charge on any atom is 0.421 e. The van der Waals surface area contributed by atoms with E-state index in [0.29, 0.717) is 18.4 Å². The average molecular weight is 333 g/mol. The third kappa shape index (κ3) is 4.34. The zero-order chi connectivity index (χ0) is 17.0. The van der Waals surface area contributed by atoms with E-state index in [2.05, 4.69) is 9.72 Å². The molecule has 128 valence electrons. The number of rotatable bonds is 6. The Morgan fingerprint density at radius 2 is 2.17 bits per heavy atom. The number of methoxy groups -OCH3 is 1. The number of carboxylic acids is 1. The van der Waals surface area contributed by atoms with Crippen molar-refractivity contribution in [1.82, 2.24) is 4.98 Å². The molecule has 1 heterocycles. The minimum Gasteiger partial charge on any atom is -0.481 e. The summed E-state index contributed by atoms with van der Waals surface area (Å²) in [5, 5.41) is 8.63. The molecule has 1 N–H and O–H groups in total.